The van der Waals surface area contributed by atoms with Gasteiger partial charge in [0, 0.05) is 22.6 Å². The predicted octanol–water partition coefficient (Wildman–Crippen LogP) is 4.08. The molecule has 3 aromatic rings. The lowest BCUT2D eigenvalue weighted by Crippen LogP contribution is -2.32. The van der Waals surface area contributed by atoms with Gasteiger partial charge in [0.2, 0.25) is 5.91 Å². The lowest BCUT2D eigenvalue weighted by Gasteiger charge is -2.09. The second-order valence-corrected chi connectivity index (χ2v) is 5.93. The molecule has 2 amide bonds. The third kappa shape index (κ3) is 5.14. The van der Waals surface area contributed by atoms with E-state index in [0.29, 0.717) is 5.69 Å². The van der Waals surface area contributed by atoms with Gasteiger partial charge in [0.25, 0.3) is 5.91 Å². The maximum absolute atomic E-state index is 13.2. The first-order valence-corrected chi connectivity index (χ1v) is 8.46. The van der Waals surface area contributed by atoms with Gasteiger partial charge < -0.3 is 16.0 Å². The highest BCUT2D eigenvalue weighted by Gasteiger charge is 2.11. The van der Waals surface area contributed by atoms with Crippen molar-refractivity contribution in [2.45, 2.75) is 0 Å². The Morgan fingerprint density at radius 2 is 1.39 bits per heavy atom. The van der Waals surface area contributed by atoms with E-state index in [2.05, 4.69) is 16.0 Å². The average Bonchev–Trinajstić information content (AvgIpc) is 2.70. The summed E-state index contributed by atoms with van der Waals surface area (Å²) >= 11 is 0. The summed E-state index contributed by atoms with van der Waals surface area (Å²) in [6.45, 7) is -0.304. The number of benzene rings is 3. The lowest BCUT2D eigenvalue weighted by atomic mass is 10.2. The van der Waals surface area contributed by atoms with Crippen molar-refractivity contribution in [1.82, 2.24) is 5.32 Å². The van der Waals surface area contributed by atoms with Gasteiger partial charge >= 0.3 is 0 Å². The zero-order valence-corrected chi connectivity index (χ0v) is 14.7. The minimum atomic E-state index is -1.12. The molecule has 0 aliphatic carbocycles. The van der Waals surface area contributed by atoms with Crippen molar-refractivity contribution in [3.63, 3.8) is 0 Å². The Morgan fingerprint density at radius 1 is 0.750 bits per heavy atom. The summed E-state index contributed by atoms with van der Waals surface area (Å²) in [6, 6.07) is 19.5. The fourth-order valence-electron chi connectivity index (χ4n) is 2.43. The molecule has 0 unspecified atom stereocenters. The smallest absolute Gasteiger partial charge is 0.251 e. The lowest BCUT2D eigenvalue weighted by molar-refractivity contribution is -0.115. The highest BCUT2D eigenvalue weighted by Crippen LogP contribution is 2.18. The van der Waals surface area contributed by atoms with Gasteiger partial charge in [-0.05, 0) is 54.6 Å². The zero-order chi connectivity index (χ0) is 19.9. The Balaban J connectivity index is 1.50. The first-order valence-electron chi connectivity index (χ1n) is 8.46. The van der Waals surface area contributed by atoms with Crippen LogP contribution in [0.3, 0.4) is 0 Å². The molecule has 0 aliphatic heterocycles. The molecule has 0 saturated heterocycles. The van der Waals surface area contributed by atoms with E-state index in [1.54, 1.807) is 12.1 Å². The Kier molecular flexibility index (Phi) is 5.96. The van der Waals surface area contributed by atoms with Crippen molar-refractivity contribution in [3.8, 4) is 0 Å². The Hall–Kier alpha value is -3.74. The molecule has 0 spiro atoms. The van der Waals surface area contributed by atoms with E-state index in [9.17, 15) is 18.4 Å². The number of rotatable bonds is 6. The summed E-state index contributed by atoms with van der Waals surface area (Å²) in [5.41, 5.74) is 2.30. The predicted molar refractivity (Wildman–Crippen MR) is 103 cm³/mol. The maximum atomic E-state index is 13.2. The van der Waals surface area contributed by atoms with Crippen LogP contribution in [0.2, 0.25) is 0 Å². The molecule has 0 heterocycles. The van der Waals surface area contributed by atoms with E-state index < -0.39 is 23.4 Å². The van der Waals surface area contributed by atoms with Crippen LogP contribution in [0.5, 0.6) is 0 Å². The molecule has 3 N–H and O–H groups in total. The number of para-hydroxylation sites is 1. The average molecular weight is 381 g/mol. The molecule has 0 radical (unpaired) electrons. The molecule has 0 fully saturated rings. The quantitative estimate of drug-likeness (QED) is 0.603. The van der Waals surface area contributed by atoms with Gasteiger partial charge in [-0.3, -0.25) is 9.59 Å². The SMILES string of the molecule is O=C(CNC(=O)c1ccc(F)c(F)c1)Nc1ccc(Nc2ccccc2)cc1. The topological polar surface area (TPSA) is 70.2 Å². The monoisotopic (exact) mass is 381 g/mol. The standard InChI is InChI=1S/C21H17F2N3O2/c22-18-11-6-14(12-19(18)23)21(28)24-13-20(27)26-17-9-7-16(8-10-17)25-15-4-2-1-3-5-15/h1-12,25H,13H2,(H,24,28)(H,26,27). The van der Waals surface area contributed by atoms with Crippen LogP contribution in [0.25, 0.3) is 0 Å². The van der Waals surface area contributed by atoms with Gasteiger partial charge in [0.1, 0.15) is 0 Å². The minimum absolute atomic E-state index is 0.0666. The highest BCUT2D eigenvalue weighted by molar-refractivity contribution is 5.99. The molecule has 28 heavy (non-hydrogen) atoms. The number of amides is 2. The fourth-order valence-corrected chi connectivity index (χ4v) is 2.43. The molecule has 0 aromatic heterocycles. The van der Waals surface area contributed by atoms with Crippen molar-refractivity contribution >= 4 is 28.9 Å². The number of anilines is 3. The van der Waals surface area contributed by atoms with E-state index in [1.807, 2.05) is 42.5 Å². The molecule has 0 saturated carbocycles. The van der Waals surface area contributed by atoms with Gasteiger partial charge in [-0.2, -0.15) is 0 Å². The number of carbonyl (C=O) groups is 2. The third-order valence-corrected chi connectivity index (χ3v) is 3.82. The summed E-state index contributed by atoms with van der Waals surface area (Å²) in [4.78, 5) is 23.9. The Morgan fingerprint density at radius 3 is 2.07 bits per heavy atom. The van der Waals surface area contributed by atoms with Crippen molar-refractivity contribution in [3.05, 3.63) is 90.0 Å². The van der Waals surface area contributed by atoms with Crippen molar-refractivity contribution < 1.29 is 18.4 Å². The van der Waals surface area contributed by atoms with E-state index in [-0.39, 0.29) is 12.1 Å². The molecular formula is C21H17F2N3O2. The maximum Gasteiger partial charge on any atom is 0.251 e. The van der Waals surface area contributed by atoms with Crippen LogP contribution in [0.1, 0.15) is 10.4 Å². The first kappa shape index (κ1) is 19.0. The molecule has 3 rings (SSSR count). The van der Waals surface area contributed by atoms with Crippen LogP contribution in [-0.2, 0) is 4.79 Å². The second kappa shape index (κ2) is 8.77. The summed E-state index contributed by atoms with van der Waals surface area (Å²) in [5.74, 6) is -3.28. The number of halogens is 2. The third-order valence-electron chi connectivity index (χ3n) is 3.82. The largest absolute Gasteiger partial charge is 0.356 e. The number of hydrogen-bond donors (Lipinski definition) is 3. The molecule has 142 valence electrons. The molecule has 3 aromatic carbocycles. The van der Waals surface area contributed by atoms with Crippen LogP contribution < -0.4 is 16.0 Å². The second-order valence-electron chi connectivity index (χ2n) is 5.93. The first-order chi connectivity index (χ1) is 13.5. The van der Waals surface area contributed by atoms with Crippen molar-refractivity contribution in [2.75, 3.05) is 17.2 Å². The minimum Gasteiger partial charge on any atom is -0.356 e. The Bertz CT molecular complexity index is 977. The normalized spacial score (nSPS) is 10.2. The molecule has 5 nitrogen and oxygen atoms in total. The molecule has 0 bridgehead atoms. The van der Waals surface area contributed by atoms with Crippen molar-refractivity contribution in [1.29, 1.82) is 0 Å². The van der Waals surface area contributed by atoms with Crippen LogP contribution in [0.4, 0.5) is 25.8 Å². The molecule has 7 heteroatoms. The van der Waals surface area contributed by atoms with Gasteiger partial charge in [-0.25, -0.2) is 8.78 Å². The summed E-state index contributed by atoms with van der Waals surface area (Å²) in [6.07, 6.45) is 0. The number of nitrogens with one attached hydrogen (secondary N) is 3. The van der Waals surface area contributed by atoms with E-state index in [0.717, 1.165) is 29.6 Å². The Labute approximate surface area is 160 Å². The van der Waals surface area contributed by atoms with Crippen LogP contribution in [0.15, 0.2) is 72.8 Å². The van der Waals surface area contributed by atoms with E-state index in [4.69, 9.17) is 0 Å². The fraction of sp³-hybridized carbons (Fsp3) is 0.0476. The number of hydrogen-bond acceptors (Lipinski definition) is 3. The van der Waals surface area contributed by atoms with Crippen LogP contribution in [0, 0.1) is 11.6 Å². The van der Waals surface area contributed by atoms with E-state index >= 15 is 0 Å². The highest BCUT2D eigenvalue weighted by atomic mass is 19.2. The summed E-state index contributed by atoms with van der Waals surface area (Å²) in [7, 11) is 0. The zero-order valence-electron chi connectivity index (χ0n) is 14.7. The number of carbonyl (C=O) groups excluding carboxylic acids is 2. The van der Waals surface area contributed by atoms with Crippen LogP contribution in [-0.4, -0.2) is 18.4 Å². The van der Waals surface area contributed by atoms with Crippen molar-refractivity contribution in [2.24, 2.45) is 0 Å². The van der Waals surface area contributed by atoms with E-state index in [1.165, 1.54) is 0 Å². The van der Waals surface area contributed by atoms with Crippen LogP contribution >= 0.6 is 0 Å². The molecule has 0 atom stereocenters. The van der Waals surface area contributed by atoms with Gasteiger partial charge in [-0.15, -0.1) is 0 Å². The summed E-state index contributed by atoms with van der Waals surface area (Å²) < 4.78 is 26.1. The molecule has 0 aliphatic rings. The van der Waals surface area contributed by atoms with Gasteiger partial charge in [-0.1, -0.05) is 18.2 Å². The van der Waals surface area contributed by atoms with Gasteiger partial charge in [0.15, 0.2) is 11.6 Å². The summed E-state index contributed by atoms with van der Waals surface area (Å²) in [5, 5.41) is 8.23. The molecular weight excluding hydrogens is 364 g/mol. The van der Waals surface area contributed by atoms with Gasteiger partial charge in [0.05, 0.1) is 6.54 Å².